The first-order valence-electron chi connectivity index (χ1n) is 5.67. The van der Waals surface area contributed by atoms with E-state index in [1.807, 2.05) is 18.2 Å². The minimum Gasteiger partial charge on any atom is -0.364 e. The Morgan fingerprint density at radius 3 is 2.53 bits per heavy atom. The van der Waals surface area contributed by atoms with E-state index in [-0.39, 0.29) is 11.3 Å². The fraction of sp³-hybridized carbons (Fsp3) is 0.500. The van der Waals surface area contributed by atoms with Crippen molar-refractivity contribution in [2.24, 2.45) is 0 Å². The maximum absolute atomic E-state index is 11.8. The summed E-state index contributed by atoms with van der Waals surface area (Å²) in [5.41, 5.74) is 1.51. The van der Waals surface area contributed by atoms with Crippen molar-refractivity contribution in [3.8, 4) is 0 Å². The first kappa shape index (κ1) is 12.2. The highest BCUT2D eigenvalue weighted by Gasteiger charge is 2.29. The zero-order valence-electron chi connectivity index (χ0n) is 10.4. The standard InChI is InChI=1S/C12H18N2O2S/c1-12(2,3)14-8-9-17(15,16)13-10-6-4-5-7-11(10)14/h4-7,13H,8-9H2,1-3H3. The van der Waals surface area contributed by atoms with Gasteiger partial charge in [0, 0.05) is 12.1 Å². The van der Waals surface area contributed by atoms with E-state index >= 15 is 0 Å². The van der Waals surface area contributed by atoms with Gasteiger partial charge in [0.2, 0.25) is 10.0 Å². The van der Waals surface area contributed by atoms with Crippen molar-refractivity contribution >= 4 is 21.4 Å². The molecule has 1 aliphatic heterocycles. The topological polar surface area (TPSA) is 49.4 Å². The highest BCUT2D eigenvalue weighted by Crippen LogP contribution is 2.33. The zero-order chi connectivity index (χ0) is 12.7. The molecule has 1 N–H and O–H groups in total. The normalized spacial score (nSPS) is 19.1. The fourth-order valence-corrected chi connectivity index (χ4v) is 3.08. The summed E-state index contributed by atoms with van der Waals surface area (Å²) in [5, 5.41) is 0. The number of rotatable bonds is 0. The van der Waals surface area contributed by atoms with E-state index in [9.17, 15) is 8.42 Å². The van der Waals surface area contributed by atoms with E-state index in [0.29, 0.717) is 12.2 Å². The van der Waals surface area contributed by atoms with Gasteiger partial charge in [0.1, 0.15) is 0 Å². The lowest BCUT2D eigenvalue weighted by molar-refractivity contribution is 0.513. The molecule has 17 heavy (non-hydrogen) atoms. The van der Waals surface area contributed by atoms with Gasteiger partial charge in [0.15, 0.2) is 0 Å². The molecule has 0 amide bonds. The Hall–Kier alpha value is -1.23. The van der Waals surface area contributed by atoms with Crippen LogP contribution in [0.25, 0.3) is 0 Å². The quantitative estimate of drug-likeness (QED) is 0.771. The number of nitrogens with one attached hydrogen (secondary N) is 1. The van der Waals surface area contributed by atoms with Crippen molar-refractivity contribution in [1.82, 2.24) is 0 Å². The molecule has 0 aromatic heterocycles. The van der Waals surface area contributed by atoms with Gasteiger partial charge in [0.05, 0.1) is 17.1 Å². The molecule has 0 radical (unpaired) electrons. The number of benzene rings is 1. The Kier molecular flexibility index (Phi) is 2.81. The van der Waals surface area contributed by atoms with Crippen molar-refractivity contribution in [1.29, 1.82) is 0 Å². The van der Waals surface area contributed by atoms with Gasteiger partial charge in [-0.3, -0.25) is 4.72 Å². The van der Waals surface area contributed by atoms with E-state index in [1.165, 1.54) is 0 Å². The summed E-state index contributed by atoms with van der Waals surface area (Å²) in [6, 6.07) is 7.52. The molecule has 1 aromatic rings. The SMILES string of the molecule is CC(C)(C)N1CCS(=O)(=O)Nc2ccccc21. The zero-order valence-corrected chi connectivity index (χ0v) is 11.2. The third kappa shape index (κ3) is 2.54. The van der Waals surface area contributed by atoms with Gasteiger partial charge in [-0.05, 0) is 32.9 Å². The Balaban J connectivity index is 2.54. The van der Waals surface area contributed by atoms with Crippen LogP contribution in [0.1, 0.15) is 20.8 Å². The third-order valence-electron chi connectivity index (χ3n) is 2.85. The van der Waals surface area contributed by atoms with E-state index in [4.69, 9.17) is 0 Å². The van der Waals surface area contributed by atoms with Crippen LogP contribution >= 0.6 is 0 Å². The van der Waals surface area contributed by atoms with Gasteiger partial charge < -0.3 is 4.90 Å². The number of para-hydroxylation sites is 2. The molecule has 0 saturated heterocycles. The lowest BCUT2D eigenvalue weighted by Crippen LogP contribution is -2.43. The van der Waals surface area contributed by atoms with Crippen LogP contribution in [-0.4, -0.2) is 26.3 Å². The minimum absolute atomic E-state index is 0.0996. The second kappa shape index (κ2) is 3.91. The Bertz CT molecular complexity index is 518. The van der Waals surface area contributed by atoms with E-state index < -0.39 is 10.0 Å². The number of sulfonamides is 1. The largest absolute Gasteiger partial charge is 0.364 e. The summed E-state index contributed by atoms with van der Waals surface area (Å²) in [7, 11) is -3.22. The lowest BCUT2D eigenvalue weighted by Gasteiger charge is -2.37. The minimum atomic E-state index is -3.22. The maximum Gasteiger partial charge on any atom is 0.234 e. The molecule has 2 rings (SSSR count). The van der Waals surface area contributed by atoms with Crippen molar-refractivity contribution in [3.05, 3.63) is 24.3 Å². The van der Waals surface area contributed by atoms with Crippen LogP contribution in [0.3, 0.4) is 0 Å². The molecule has 0 aliphatic carbocycles. The van der Waals surface area contributed by atoms with Gasteiger partial charge in [-0.15, -0.1) is 0 Å². The monoisotopic (exact) mass is 254 g/mol. The van der Waals surface area contributed by atoms with Crippen molar-refractivity contribution in [2.45, 2.75) is 26.3 Å². The van der Waals surface area contributed by atoms with Crippen LogP contribution in [-0.2, 0) is 10.0 Å². The van der Waals surface area contributed by atoms with Crippen LogP contribution in [0.2, 0.25) is 0 Å². The van der Waals surface area contributed by atoms with Crippen molar-refractivity contribution in [2.75, 3.05) is 21.9 Å². The summed E-state index contributed by atoms with van der Waals surface area (Å²) in [4.78, 5) is 2.12. The molecule has 94 valence electrons. The van der Waals surface area contributed by atoms with Gasteiger partial charge in [-0.25, -0.2) is 8.42 Å². The lowest BCUT2D eigenvalue weighted by atomic mass is 10.0. The van der Waals surface area contributed by atoms with E-state index in [2.05, 4.69) is 30.4 Å². The van der Waals surface area contributed by atoms with Gasteiger partial charge in [-0.2, -0.15) is 0 Å². The Labute approximate surface area is 103 Å². The van der Waals surface area contributed by atoms with Crippen LogP contribution < -0.4 is 9.62 Å². The summed E-state index contributed by atoms with van der Waals surface area (Å²) in [6.07, 6.45) is 0. The number of fused-ring (bicyclic) bond motifs is 1. The summed E-state index contributed by atoms with van der Waals surface area (Å²) in [6.45, 7) is 6.76. The maximum atomic E-state index is 11.8. The Morgan fingerprint density at radius 2 is 1.88 bits per heavy atom. The Morgan fingerprint density at radius 1 is 1.24 bits per heavy atom. The summed E-state index contributed by atoms with van der Waals surface area (Å²) >= 11 is 0. The van der Waals surface area contributed by atoms with Crippen LogP contribution in [0, 0.1) is 0 Å². The van der Waals surface area contributed by atoms with Crippen molar-refractivity contribution in [3.63, 3.8) is 0 Å². The van der Waals surface area contributed by atoms with Crippen LogP contribution in [0.5, 0.6) is 0 Å². The predicted molar refractivity (Wildman–Crippen MR) is 71.0 cm³/mol. The molecular weight excluding hydrogens is 236 g/mol. The van der Waals surface area contributed by atoms with Crippen molar-refractivity contribution < 1.29 is 8.42 Å². The number of nitrogens with zero attached hydrogens (tertiary/aromatic N) is 1. The number of hydrogen-bond donors (Lipinski definition) is 1. The molecule has 0 spiro atoms. The molecule has 1 aromatic carbocycles. The van der Waals surface area contributed by atoms with Gasteiger partial charge in [0.25, 0.3) is 0 Å². The fourth-order valence-electron chi connectivity index (χ4n) is 2.04. The first-order chi connectivity index (χ1) is 7.80. The van der Waals surface area contributed by atoms with Gasteiger partial charge >= 0.3 is 0 Å². The third-order valence-corrected chi connectivity index (χ3v) is 4.10. The number of anilines is 2. The molecule has 0 bridgehead atoms. The molecule has 1 aliphatic rings. The number of hydrogen-bond acceptors (Lipinski definition) is 3. The highest BCUT2D eigenvalue weighted by molar-refractivity contribution is 7.92. The van der Waals surface area contributed by atoms with Crippen LogP contribution in [0.15, 0.2) is 24.3 Å². The average molecular weight is 254 g/mol. The molecule has 0 atom stereocenters. The predicted octanol–water partition coefficient (Wildman–Crippen LogP) is 2.05. The molecule has 0 fully saturated rings. The second-order valence-corrected chi connectivity index (χ2v) is 7.10. The summed E-state index contributed by atoms with van der Waals surface area (Å²) < 4.78 is 26.2. The smallest absolute Gasteiger partial charge is 0.234 e. The second-order valence-electron chi connectivity index (χ2n) is 5.26. The molecule has 0 unspecified atom stereocenters. The molecule has 5 heteroatoms. The average Bonchev–Trinajstić information content (AvgIpc) is 2.31. The van der Waals surface area contributed by atoms with E-state index in [1.54, 1.807) is 6.07 Å². The molecule has 1 heterocycles. The molecule has 0 saturated carbocycles. The van der Waals surface area contributed by atoms with Crippen LogP contribution in [0.4, 0.5) is 11.4 Å². The van der Waals surface area contributed by atoms with Gasteiger partial charge in [-0.1, -0.05) is 12.1 Å². The first-order valence-corrected chi connectivity index (χ1v) is 7.32. The summed E-state index contributed by atoms with van der Waals surface area (Å²) in [5.74, 6) is 0.124. The molecule has 4 nitrogen and oxygen atoms in total. The highest BCUT2D eigenvalue weighted by atomic mass is 32.2. The van der Waals surface area contributed by atoms with E-state index in [0.717, 1.165) is 5.69 Å². The molecular formula is C12H18N2O2S.